The molecule has 0 aromatic heterocycles. The van der Waals surface area contributed by atoms with Crippen molar-refractivity contribution >= 4 is 27.7 Å². The average molecular weight is 477 g/mol. The van der Waals surface area contributed by atoms with Gasteiger partial charge in [0.25, 0.3) is 5.91 Å². The number of hydrogen-bond donors (Lipinski definition) is 2. The Morgan fingerprint density at radius 1 is 1.03 bits per heavy atom. The maximum absolute atomic E-state index is 12.5. The lowest BCUT2D eigenvalue weighted by Gasteiger charge is -2.23. The van der Waals surface area contributed by atoms with Gasteiger partial charge in [-0.2, -0.15) is 0 Å². The zero-order valence-electron chi connectivity index (χ0n) is 18.1. The number of rotatable bonds is 8. The molecule has 0 fully saturated rings. The van der Waals surface area contributed by atoms with E-state index in [1.165, 1.54) is 0 Å². The molecule has 2 N–H and O–H groups in total. The number of aryl methyl sites for hydroxylation is 2. The van der Waals surface area contributed by atoms with E-state index in [9.17, 15) is 9.59 Å². The van der Waals surface area contributed by atoms with E-state index in [1.54, 1.807) is 25.3 Å². The van der Waals surface area contributed by atoms with Gasteiger partial charge in [0.05, 0.1) is 18.2 Å². The number of amides is 2. The van der Waals surface area contributed by atoms with Crippen LogP contribution in [0.2, 0.25) is 0 Å². The molecule has 0 saturated carbocycles. The number of hydrazine groups is 1. The Balaban J connectivity index is 1.81. The van der Waals surface area contributed by atoms with Gasteiger partial charge in [0, 0.05) is 11.0 Å². The maximum atomic E-state index is 12.5. The lowest BCUT2D eigenvalue weighted by atomic mass is 9.87. The van der Waals surface area contributed by atoms with Crippen LogP contribution in [0.15, 0.2) is 40.9 Å². The number of methoxy groups -OCH3 is 1. The van der Waals surface area contributed by atoms with Crippen LogP contribution in [0.4, 0.5) is 0 Å². The van der Waals surface area contributed by atoms with E-state index in [2.05, 4.69) is 32.8 Å². The smallest absolute Gasteiger partial charge is 0.269 e. The Kier molecular flexibility index (Phi) is 8.29. The van der Waals surface area contributed by atoms with Gasteiger partial charge < -0.3 is 9.47 Å². The van der Waals surface area contributed by atoms with Gasteiger partial charge in [-0.15, -0.1) is 0 Å². The Morgan fingerprint density at radius 2 is 1.77 bits per heavy atom. The topological polar surface area (TPSA) is 76.7 Å². The first-order valence-electron chi connectivity index (χ1n) is 9.78. The first-order chi connectivity index (χ1) is 14.1. The summed E-state index contributed by atoms with van der Waals surface area (Å²) in [4.78, 5) is 24.8. The molecule has 0 aliphatic carbocycles. The van der Waals surface area contributed by atoms with Crippen molar-refractivity contribution < 1.29 is 19.1 Å². The van der Waals surface area contributed by atoms with Crippen LogP contribution in [-0.4, -0.2) is 25.5 Å². The van der Waals surface area contributed by atoms with Crippen LogP contribution in [0.1, 0.15) is 48.2 Å². The molecule has 7 heteroatoms. The molecule has 0 spiro atoms. The second-order valence-corrected chi connectivity index (χ2v) is 8.72. The molecule has 0 aliphatic heterocycles. The van der Waals surface area contributed by atoms with Gasteiger partial charge in [0.1, 0.15) is 11.5 Å². The second-order valence-electron chi connectivity index (χ2n) is 7.86. The zero-order chi connectivity index (χ0) is 22.3. The molecule has 0 unspecified atom stereocenters. The number of nitrogens with one attached hydrogen (secondary N) is 2. The molecular formula is C23H29BrN2O4. The fourth-order valence-electron chi connectivity index (χ4n) is 2.84. The van der Waals surface area contributed by atoms with E-state index in [4.69, 9.17) is 9.47 Å². The Hall–Kier alpha value is -2.54. The summed E-state index contributed by atoms with van der Waals surface area (Å²) in [6, 6.07) is 11.0. The molecule has 0 atom stereocenters. The average Bonchev–Trinajstić information content (AvgIpc) is 2.71. The van der Waals surface area contributed by atoms with E-state index >= 15 is 0 Å². The standard InChI is InChI=1S/C23H29BrN2O4/c1-15-7-8-16(2)20(13-15)30-12-6-11-23(3,4)22(28)26-25-21(27)17-9-10-19(29-5)18(24)14-17/h7-10,13-14H,6,11-12H2,1-5H3,(H,25,27)(H,26,28). The Bertz CT molecular complexity index is 912. The van der Waals surface area contributed by atoms with Gasteiger partial charge in [0.15, 0.2) is 0 Å². The third-order valence-corrected chi connectivity index (χ3v) is 5.49. The van der Waals surface area contributed by atoms with Crippen molar-refractivity contribution in [3.8, 4) is 11.5 Å². The fraction of sp³-hybridized carbons (Fsp3) is 0.391. The summed E-state index contributed by atoms with van der Waals surface area (Å²) in [6.45, 7) is 8.24. The first-order valence-corrected chi connectivity index (χ1v) is 10.6. The van der Waals surface area contributed by atoms with E-state index in [0.29, 0.717) is 35.2 Å². The summed E-state index contributed by atoms with van der Waals surface area (Å²) < 4.78 is 11.7. The maximum Gasteiger partial charge on any atom is 0.269 e. The van der Waals surface area contributed by atoms with Crippen LogP contribution in [0, 0.1) is 19.3 Å². The van der Waals surface area contributed by atoms with E-state index < -0.39 is 11.3 Å². The molecule has 2 aromatic rings. The Morgan fingerprint density at radius 3 is 2.43 bits per heavy atom. The third-order valence-electron chi connectivity index (χ3n) is 4.87. The normalized spacial score (nSPS) is 11.0. The molecule has 6 nitrogen and oxygen atoms in total. The van der Waals surface area contributed by atoms with Crippen molar-refractivity contribution in [2.75, 3.05) is 13.7 Å². The summed E-state index contributed by atoms with van der Waals surface area (Å²) >= 11 is 3.34. The highest BCUT2D eigenvalue weighted by Crippen LogP contribution is 2.26. The molecule has 2 rings (SSSR count). The molecule has 0 heterocycles. The summed E-state index contributed by atoms with van der Waals surface area (Å²) in [7, 11) is 1.55. The molecule has 0 aliphatic rings. The number of carbonyl (C=O) groups is 2. The van der Waals surface area contributed by atoms with Crippen molar-refractivity contribution in [3.05, 3.63) is 57.6 Å². The minimum atomic E-state index is -0.654. The van der Waals surface area contributed by atoms with Crippen LogP contribution >= 0.6 is 15.9 Å². The quantitative estimate of drug-likeness (QED) is 0.426. The predicted octanol–water partition coefficient (Wildman–Crippen LogP) is 4.72. The van der Waals surface area contributed by atoms with Gasteiger partial charge in [-0.1, -0.05) is 26.0 Å². The third kappa shape index (κ3) is 6.49. The summed E-state index contributed by atoms with van der Waals surface area (Å²) in [5.41, 5.74) is 6.97. The largest absolute Gasteiger partial charge is 0.496 e. The molecule has 30 heavy (non-hydrogen) atoms. The van der Waals surface area contributed by atoms with Crippen LogP contribution < -0.4 is 20.3 Å². The van der Waals surface area contributed by atoms with Crippen LogP contribution in [-0.2, 0) is 4.79 Å². The number of ether oxygens (including phenoxy) is 2. The number of halogens is 1. The minimum absolute atomic E-state index is 0.254. The molecule has 0 radical (unpaired) electrons. The van der Waals surface area contributed by atoms with Gasteiger partial charge in [0.2, 0.25) is 5.91 Å². The molecule has 0 saturated heterocycles. The van der Waals surface area contributed by atoms with E-state index in [-0.39, 0.29) is 5.91 Å². The van der Waals surface area contributed by atoms with Crippen molar-refractivity contribution in [2.24, 2.45) is 5.41 Å². The van der Waals surface area contributed by atoms with Gasteiger partial charge in [-0.25, -0.2) is 0 Å². The lowest BCUT2D eigenvalue weighted by molar-refractivity contribution is -0.130. The molecular weight excluding hydrogens is 448 g/mol. The van der Waals surface area contributed by atoms with Crippen LogP contribution in [0.25, 0.3) is 0 Å². The van der Waals surface area contributed by atoms with Crippen LogP contribution in [0.3, 0.4) is 0 Å². The van der Waals surface area contributed by atoms with Crippen molar-refractivity contribution in [3.63, 3.8) is 0 Å². The zero-order valence-corrected chi connectivity index (χ0v) is 19.7. The van der Waals surface area contributed by atoms with Gasteiger partial charge in [-0.05, 0) is 78.0 Å². The van der Waals surface area contributed by atoms with Gasteiger partial charge >= 0.3 is 0 Å². The second kappa shape index (κ2) is 10.5. The summed E-state index contributed by atoms with van der Waals surface area (Å²) in [6.07, 6.45) is 1.33. The highest BCUT2D eigenvalue weighted by atomic mass is 79.9. The number of hydrogen-bond acceptors (Lipinski definition) is 4. The predicted molar refractivity (Wildman–Crippen MR) is 121 cm³/mol. The van der Waals surface area contributed by atoms with E-state index in [1.807, 2.05) is 39.8 Å². The molecule has 0 bridgehead atoms. The van der Waals surface area contributed by atoms with Gasteiger partial charge in [-0.3, -0.25) is 20.4 Å². The fourth-order valence-corrected chi connectivity index (χ4v) is 3.38. The minimum Gasteiger partial charge on any atom is -0.496 e. The molecule has 2 amide bonds. The van der Waals surface area contributed by atoms with Crippen molar-refractivity contribution in [2.45, 2.75) is 40.5 Å². The highest BCUT2D eigenvalue weighted by Gasteiger charge is 2.27. The Labute approximate surface area is 186 Å². The first kappa shape index (κ1) is 23.7. The monoisotopic (exact) mass is 476 g/mol. The summed E-state index contributed by atoms with van der Waals surface area (Å²) in [5.74, 6) is 0.839. The highest BCUT2D eigenvalue weighted by molar-refractivity contribution is 9.10. The van der Waals surface area contributed by atoms with E-state index in [0.717, 1.165) is 16.9 Å². The number of benzene rings is 2. The molecule has 2 aromatic carbocycles. The molecule has 162 valence electrons. The lowest BCUT2D eigenvalue weighted by Crippen LogP contribution is -2.47. The summed E-state index contributed by atoms with van der Waals surface area (Å²) in [5, 5.41) is 0. The van der Waals surface area contributed by atoms with Crippen LogP contribution in [0.5, 0.6) is 11.5 Å². The number of carbonyl (C=O) groups excluding carboxylic acids is 2. The van der Waals surface area contributed by atoms with Crippen molar-refractivity contribution in [1.82, 2.24) is 10.9 Å². The SMILES string of the molecule is COc1ccc(C(=O)NNC(=O)C(C)(C)CCCOc2cc(C)ccc2C)cc1Br. The van der Waals surface area contributed by atoms with Crippen molar-refractivity contribution in [1.29, 1.82) is 0 Å².